The molecule has 14 heavy (non-hydrogen) atoms. The SMILES string of the molecule is FP(F)F.[Ru+2].c1ccc2c(c1)CCC2. The normalized spacial score (nSPS) is 12.6. The van der Waals surface area contributed by atoms with E-state index in [2.05, 4.69) is 24.3 Å². The summed E-state index contributed by atoms with van der Waals surface area (Å²) in [6.07, 6.45) is 3.96. The first kappa shape index (κ1) is 14.1. The molecule has 78 valence electrons. The Bertz CT molecular complexity index is 242. The maximum atomic E-state index is 9.73. The van der Waals surface area contributed by atoms with Gasteiger partial charge in [-0.1, -0.05) is 24.3 Å². The van der Waals surface area contributed by atoms with Crippen molar-refractivity contribution in [3.05, 3.63) is 35.4 Å². The number of hydrogen-bond acceptors (Lipinski definition) is 0. The fourth-order valence-electron chi connectivity index (χ4n) is 1.51. The van der Waals surface area contributed by atoms with Crippen LogP contribution in [0.25, 0.3) is 0 Å². The molecule has 1 aliphatic rings. The Hall–Kier alpha value is 0.0634. The van der Waals surface area contributed by atoms with Gasteiger partial charge in [0.1, 0.15) is 0 Å². The maximum absolute atomic E-state index is 9.73. The van der Waals surface area contributed by atoms with Gasteiger partial charge in [0.05, 0.1) is 0 Å². The molecule has 5 heteroatoms. The van der Waals surface area contributed by atoms with Crippen molar-refractivity contribution in [1.82, 2.24) is 0 Å². The van der Waals surface area contributed by atoms with Crippen molar-refractivity contribution in [1.29, 1.82) is 0 Å². The van der Waals surface area contributed by atoms with E-state index in [9.17, 15) is 12.6 Å². The Morgan fingerprint density at radius 1 is 0.929 bits per heavy atom. The zero-order valence-electron chi connectivity index (χ0n) is 7.37. The molecule has 0 fully saturated rings. The van der Waals surface area contributed by atoms with Gasteiger partial charge in [-0.25, -0.2) is 0 Å². The van der Waals surface area contributed by atoms with E-state index in [-0.39, 0.29) is 19.5 Å². The van der Waals surface area contributed by atoms with Crippen LogP contribution in [0.4, 0.5) is 12.6 Å². The number of hydrogen-bond donors (Lipinski definition) is 0. The predicted molar refractivity (Wildman–Crippen MR) is 48.7 cm³/mol. The molecule has 0 saturated heterocycles. The molecule has 0 N–H and O–H groups in total. The van der Waals surface area contributed by atoms with E-state index >= 15 is 0 Å². The van der Waals surface area contributed by atoms with Gasteiger partial charge in [0.15, 0.2) is 0 Å². The van der Waals surface area contributed by atoms with E-state index in [1.54, 1.807) is 11.1 Å². The van der Waals surface area contributed by atoms with Crippen molar-refractivity contribution in [2.24, 2.45) is 0 Å². The molecule has 0 unspecified atom stereocenters. The third-order valence-electron chi connectivity index (χ3n) is 2.01. The standard InChI is InChI=1S/C9H10.F3P.Ru/c1-2-5-9-7-3-6-8(9)4-1;1-4(2)3;/h1-2,4-5H,3,6-7H2;;/q;;+2. The summed E-state index contributed by atoms with van der Waals surface area (Å²) in [5.41, 5.74) is 3.13. The average molecular weight is 307 g/mol. The first-order valence-corrected chi connectivity index (χ1v) is 5.06. The third-order valence-corrected chi connectivity index (χ3v) is 2.01. The number of rotatable bonds is 0. The molecule has 0 radical (unpaired) electrons. The molecule has 1 aromatic carbocycles. The maximum Gasteiger partial charge on any atom is 2.00 e. The van der Waals surface area contributed by atoms with Crippen molar-refractivity contribution >= 4 is 8.85 Å². The number of aryl methyl sites for hydroxylation is 2. The van der Waals surface area contributed by atoms with Crippen molar-refractivity contribution in [2.45, 2.75) is 19.3 Å². The minimum Gasteiger partial charge on any atom is -0.152 e. The van der Waals surface area contributed by atoms with Gasteiger partial charge in [0, 0.05) is 0 Å². The zero-order chi connectivity index (χ0) is 9.68. The molecule has 0 atom stereocenters. The second kappa shape index (κ2) is 7.37. The summed E-state index contributed by atoms with van der Waals surface area (Å²) in [7, 11) is -4.12. The first-order valence-electron chi connectivity index (χ1n) is 4.04. The van der Waals surface area contributed by atoms with Crippen LogP contribution in [0.15, 0.2) is 24.3 Å². The molecule has 0 saturated carbocycles. The second-order valence-electron chi connectivity index (χ2n) is 2.81. The number of halogens is 3. The van der Waals surface area contributed by atoms with Crippen LogP contribution in [0.3, 0.4) is 0 Å². The van der Waals surface area contributed by atoms with Crippen LogP contribution in [-0.2, 0) is 32.3 Å². The molecule has 0 amide bonds. The van der Waals surface area contributed by atoms with Gasteiger partial charge in [0.2, 0.25) is 0 Å². The third kappa shape index (κ3) is 5.07. The fourth-order valence-corrected chi connectivity index (χ4v) is 1.51. The molecule has 2 rings (SSSR count). The van der Waals surface area contributed by atoms with Crippen molar-refractivity contribution in [3.63, 3.8) is 0 Å². The minimum atomic E-state index is -4.12. The van der Waals surface area contributed by atoms with E-state index in [1.165, 1.54) is 19.3 Å². The molecular weight excluding hydrogens is 297 g/mol. The van der Waals surface area contributed by atoms with E-state index in [0.29, 0.717) is 0 Å². The van der Waals surface area contributed by atoms with Gasteiger partial charge in [-0.15, -0.1) is 0 Å². The molecule has 1 aliphatic carbocycles. The monoisotopic (exact) mass is 308 g/mol. The van der Waals surface area contributed by atoms with Crippen LogP contribution >= 0.6 is 8.85 Å². The fraction of sp³-hybridized carbons (Fsp3) is 0.333. The van der Waals surface area contributed by atoms with Crippen LogP contribution in [0.1, 0.15) is 17.5 Å². The molecule has 0 nitrogen and oxygen atoms in total. The summed E-state index contributed by atoms with van der Waals surface area (Å²) in [5.74, 6) is 0. The summed E-state index contributed by atoms with van der Waals surface area (Å²) in [6, 6.07) is 8.74. The largest absolute Gasteiger partial charge is 2.00 e. The van der Waals surface area contributed by atoms with E-state index in [0.717, 1.165) is 0 Å². The Morgan fingerprint density at radius 3 is 1.64 bits per heavy atom. The van der Waals surface area contributed by atoms with Crippen molar-refractivity contribution in [2.75, 3.05) is 0 Å². The van der Waals surface area contributed by atoms with Crippen LogP contribution < -0.4 is 0 Å². The molecule has 1 aromatic rings. The van der Waals surface area contributed by atoms with Crippen LogP contribution in [0.5, 0.6) is 0 Å². The number of benzene rings is 1. The minimum absolute atomic E-state index is 0. The summed E-state index contributed by atoms with van der Waals surface area (Å²) >= 11 is 0. The molecule has 0 heterocycles. The number of fused-ring (bicyclic) bond motifs is 1. The topological polar surface area (TPSA) is 0 Å². The van der Waals surface area contributed by atoms with Gasteiger partial charge >= 0.3 is 28.3 Å². The van der Waals surface area contributed by atoms with Gasteiger partial charge in [-0.05, 0) is 30.4 Å². The molecule has 0 bridgehead atoms. The van der Waals surface area contributed by atoms with E-state index in [1.807, 2.05) is 0 Å². The summed E-state index contributed by atoms with van der Waals surface area (Å²) in [4.78, 5) is 0. The van der Waals surface area contributed by atoms with Crippen LogP contribution in [0.2, 0.25) is 0 Å². The Balaban J connectivity index is 0.000000299. The average Bonchev–Trinajstić information content (AvgIpc) is 2.49. The van der Waals surface area contributed by atoms with E-state index < -0.39 is 8.85 Å². The van der Waals surface area contributed by atoms with Crippen LogP contribution in [0, 0.1) is 0 Å². The Morgan fingerprint density at radius 2 is 1.29 bits per heavy atom. The van der Waals surface area contributed by atoms with Gasteiger partial charge in [-0.2, -0.15) is 12.6 Å². The van der Waals surface area contributed by atoms with Crippen molar-refractivity contribution < 1.29 is 32.1 Å². The Labute approximate surface area is 95.8 Å². The van der Waals surface area contributed by atoms with Crippen LogP contribution in [-0.4, -0.2) is 0 Å². The zero-order valence-corrected chi connectivity index (χ0v) is 10.00. The quantitative estimate of drug-likeness (QED) is 0.495. The Kier molecular flexibility index (Phi) is 7.40. The predicted octanol–water partition coefficient (Wildman–Crippen LogP) is 4.29. The molecular formula is C9H10F3PRu+2. The molecule has 0 aliphatic heterocycles. The van der Waals surface area contributed by atoms with Gasteiger partial charge in [0.25, 0.3) is 0 Å². The van der Waals surface area contributed by atoms with E-state index in [4.69, 9.17) is 0 Å². The summed E-state index contributed by atoms with van der Waals surface area (Å²) in [5, 5.41) is 0. The summed E-state index contributed by atoms with van der Waals surface area (Å²) < 4.78 is 29.2. The van der Waals surface area contributed by atoms with Gasteiger partial charge < -0.3 is 0 Å². The molecule has 0 aromatic heterocycles. The molecule has 0 spiro atoms. The smallest absolute Gasteiger partial charge is 0.152 e. The second-order valence-corrected chi connectivity index (χ2v) is 3.20. The first-order chi connectivity index (χ1) is 6.20. The van der Waals surface area contributed by atoms with Gasteiger partial charge in [-0.3, -0.25) is 0 Å². The van der Waals surface area contributed by atoms with Crippen molar-refractivity contribution in [3.8, 4) is 0 Å². The summed E-state index contributed by atoms with van der Waals surface area (Å²) in [6.45, 7) is 0.